The fourth-order valence-electron chi connectivity index (χ4n) is 1.11. The number of hydrogen-bond donors (Lipinski definition) is 1. The van der Waals surface area contributed by atoms with E-state index in [2.05, 4.69) is 6.92 Å². The van der Waals surface area contributed by atoms with E-state index in [0.29, 0.717) is 6.61 Å². The van der Waals surface area contributed by atoms with Gasteiger partial charge in [0, 0.05) is 0 Å². The second kappa shape index (κ2) is 9.52. The van der Waals surface area contributed by atoms with Crippen LogP contribution < -0.4 is 0 Å². The van der Waals surface area contributed by atoms with Crippen molar-refractivity contribution in [3.8, 4) is 0 Å². The van der Waals surface area contributed by atoms with Gasteiger partial charge in [-0.1, -0.05) is 39.0 Å². The highest BCUT2D eigenvalue weighted by atomic mass is 16.5. The van der Waals surface area contributed by atoms with Crippen LogP contribution >= 0.6 is 0 Å². The van der Waals surface area contributed by atoms with Crippen LogP contribution in [0.3, 0.4) is 0 Å². The van der Waals surface area contributed by atoms with Crippen molar-refractivity contribution in [1.29, 1.82) is 0 Å². The average Bonchev–Trinajstić information content (AvgIpc) is 2.16. The van der Waals surface area contributed by atoms with E-state index in [9.17, 15) is 4.79 Å². The second-order valence-corrected chi connectivity index (χ2v) is 3.15. The van der Waals surface area contributed by atoms with Crippen molar-refractivity contribution in [1.82, 2.24) is 0 Å². The van der Waals surface area contributed by atoms with Crippen molar-refractivity contribution in [3.05, 3.63) is 0 Å². The Morgan fingerprint density at radius 3 is 2.38 bits per heavy atom. The lowest BCUT2D eigenvalue weighted by Crippen LogP contribution is -2.09. The summed E-state index contributed by atoms with van der Waals surface area (Å²) in [5, 5.41) is 8.33. The summed E-state index contributed by atoms with van der Waals surface area (Å²) in [5.74, 6) is -0.520. The maximum absolute atomic E-state index is 10.5. The Kier molecular flexibility index (Phi) is 9.10. The molecule has 0 rings (SSSR count). The molecule has 0 aliphatic heterocycles. The number of carbonyl (C=O) groups excluding carboxylic acids is 1. The van der Waals surface area contributed by atoms with E-state index >= 15 is 0 Å². The van der Waals surface area contributed by atoms with Crippen molar-refractivity contribution >= 4 is 5.97 Å². The first kappa shape index (κ1) is 12.4. The average molecular weight is 188 g/mol. The Morgan fingerprint density at radius 2 is 1.77 bits per heavy atom. The van der Waals surface area contributed by atoms with Crippen molar-refractivity contribution < 1.29 is 14.6 Å². The zero-order valence-corrected chi connectivity index (χ0v) is 8.42. The summed E-state index contributed by atoms with van der Waals surface area (Å²) in [4.78, 5) is 10.5. The normalized spacial score (nSPS) is 10.0. The molecular weight excluding hydrogens is 168 g/mol. The maximum Gasteiger partial charge on any atom is 0.331 e. The lowest BCUT2D eigenvalue weighted by atomic mass is 10.1. The summed E-state index contributed by atoms with van der Waals surface area (Å²) in [7, 11) is 0. The number of aliphatic hydroxyl groups excluding tert-OH is 1. The van der Waals surface area contributed by atoms with Crippen molar-refractivity contribution in [2.45, 2.75) is 45.4 Å². The minimum atomic E-state index is -0.520. The summed E-state index contributed by atoms with van der Waals surface area (Å²) in [6.45, 7) is 2.13. The largest absolute Gasteiger partial charge is 0.464 e. The Bertz CT molecular complexity index is 123. The topological polar surface area (TPSA) is 46.5 Å². The molecule has 78 valence electrons. The lowest BCUT2D eigenvalue weighted by Gasteiger charge is -2.02. The number of ether oxygens (including phenoxy) is 1. The van der Waals surface area contributed by atoms with Gasteiger partial charge in [0.1, 0.15) is 6.61 Å². The minimum Gasteiger partial charge on any atom is -0.464 e. The smallest absolute Gasteiger partial charge is 0.331 e. The van der Waals surface area contributed by atoms with Crippen molar-refractivity contribution in [2.24, 2.45) is 0 Å². The SMILES string of the molecule is CCCCCCCCOC(=O)CO. The molecule has 0 aromatic rings. The van der Waals surface area contributed by atoms with Gasteiger partial charge >= 0.3 is 5.97 Å². The molecule has 0 aromatic heterocycles. The van der Waals surface area contributed by atoms with Gasteiger partial charge in [0.05, 0.1) is 6.61 Å². The van der Waals surface area contributed by atoms with E-state index in [1.165, 1.54) is 25.7 Å². The van der Waals surface area contributed by atoms with Crippen LogP contribution in [-0.4, -0.2) is 24.3 Å². The van der Waals surface area contributed by atoms with Crippen molar-refractivity contribution in [3.63, 3.8) is 0 Å². The molecule has 0 atom stereocenters. The molecule has 13 heavy (non-hydrogen) atoms. The molecule has 0 aliphatic rings. The van der Waals surface area contributed by atoms with Crippen LogP contribution in [0.4, 0.5) is 0 Å². The summed E-state index contributed by atoms with van der Waals surface area (Å²) >= 11 is 0. The number of aliphatic hydroxyl groups is 1. The number of rotatable bonds is 8. The molecule has 0 saturated carbocycles. The lowest BCUT2D eigenvalue weighted by molar-refractivity contribution is -0.147. The number of esters is 1. The first-order valence-corrected chi connectivity index (χ1v) is 5.07. The second-order valence-electron chi connectivity index (χ2n) is 3.15. The molecule has 0 heterocycles. The predicted octanol–water partition coefficient (Wildman–Crippen LogP) is 1.88. The summed E-state index contributed by atoms with van der Waals surface area (Å²) in [5.41, 5.74) is 0. The maximum atomic E-state index is 10.5. The van der Waals surface area contributed by atoms with E-state index in [0.717, 1.165) is 12.8 Å². The molecule has 0 aromatic carbocycles. The molecule has 0 aliphatic carbocycles. The van der Waals surface area contributed by atoms with Gasteiger partial charge < -0.3 is 9.84 Å². The van der Waals surface area contributed by atoms with Crippen LogP contribution in [0, 0.1) is 0 Å². The minimum absolute atomic E-state index is 0.450. The Hall–Kier alpha value is -0.570. The summed E-state index contributed by atoms with van der Waals surface area (Å²) in [6, 6.07) is 0. The van der Waals surface area contributed by atoms with Gasteiger partial charge in [0.25, 0.3) is 0 Å². The van der Waals surface area contributed by atoms with E-state index in [4.69, 9.17) is 9.84 Å². The molecular formula is C10H20O3. The fraction of sp³-hybridized carbons (Fsp3) is 0.900. The Morgan fingerprint density at radius 1 is 1.15 bits per heavy atom. The van der Waals surface area contributed by atoms with E-state index in [-0.39, 0.29) is 0 Å². The van der Waals surface area contributed by atoms with E-state index in [1.54, 1.807) is 0 Å². The van der Waals surface area contributed by atoms with Crippen LogP contribution in [0.25, 0.3) is 0 Å². The van der Waals surface area contributed by atoms with Crippen LogP contribution in [0.2, 0.25) is 0 Å². The number of hydrogen-bond acceptors (Lipinski definition) is 3. The third-order valence-corrected chi connectivity index (χ3v) is 1.89. The van der Waals surface area contributed by atoms with Gasteiger partial charge in [-0.15, -0.1) is 0 Å². The van der Waals surface area contributed by atoms with Crippen LogP contribution in [-0.2, 0) is 9.53 Å². The monoisotopic (exact) mass is 188 g/mol. The highest BCUT2D eigenvalue weighted by molar-refractivity contribution is 5.70. The van der Waals surface area contributed by atoms with Gasteiger partial charge in [0.2, 0.25) is 0 Å². The van der Waals surface area contributed by atoms with Crippen LogP contribution in [0.15, 0.2) is 0 Å². The molecule has 3 nitrogen and oxygen atoms in total. The highest BCUT2D eigenvalue weighted by Crippen LogP contribution is 2.04. The van der Waals surface area contributed by atoms with E-state index in [1.807, 2.05) is 0 Å². The van der Waals surface area contributed by atoms with Crippen molar-refractivity contribution in [2.75, 3.05) is 13.2 Å². The molecule has 0 amide bonds. The Balaban J connectivity index is 2.95. The molecule has 0 radical (unpaired) electrons. The van der Waals surface area contributed by atoms with Gasteiger partial charge in [-0.3, -0.25) is 0 Å². The van der Waals surface area contributed by atoms with Gasteiger partial charge in [-0.25, -0.2) is 4.79 Å². The molecule has 0 unspecified atom stereocenters. The molecule has 0 bridgehead atoms. The first-order valence-electron chi connectivity index (χ1n) is 5.07. The van der Waals surface area contributed by atoms with Crippen LogP contribution in [0.1, 0.15) is 45.4 Å². The molecule has 0 fully saturated rings. The zero-order valence-electron chi connectivity index (χ0n) is 8.42. The standard InChI is InChI=1S/C10H20O3/c1-2-3-4-5-6-7-8-13-10(12)9-11/h11H,2-9H2,1H3. The number of carbonyl (C=O) groups is 1. The third kappa shape index (κ3) is 9.34. The third-order valence-electron chi connectivity index (χ3n) is 1.89. The first-order chi connectivity index (χ1) is 6.31. The quantitative estimate of drug-likeness (QED) is 0.467. The van der Waals surface area contributed by atoms with Gasteiger partial charge in [-0.2, -0.15) is 0 Å². The number of unbranched alkanes of at least 4 members (excludes halogenated alkanes) is 5. The fourth-order valence-corrected chi connectivity index (χ4v) is 1.11. The Labute approximate surface area is 80.1 Å². The molecule has 1 N–H and O–H groups in total. The van der Waals surface area contributed by atoms with Crippen LogP contribution in [0.5, 0.6) is 0 Å². The summed E-state index contributed by atoms with van der Waals surface area (Å²) < 4.78 is 4.71. The highest BCUT2D eigenvalue weighted by Gasteiger charge is 1.97. The molecule has 0 saturated heterocycles. The zero-order chi connectivity index (χ0) is 9.94. The predicted molar refractivity (Wildman–Crippen MR) is 51.4 cm³/mol. The van der Waals surface area contributed by atoms with E-state index < -0.39 is 12.6 Å². The molecule has 3 heteroatoms. The van der Waals surface area contributed by atoms with Gasteiger partial charge in [-0.05, 0) is 6.42 Å². The van der Waals surface area contributed by atoms with Gasteiger partial charge in [0.15, 0.2) is 0 Å². The molecule has 0 spiro atoms. The summed E-state index contributed by atoms with van der Waals surface area (Å²) in [6.07, 6.45) is 7.04.